The topological polar surface area (TPSA) is 87.0 Å². The highest BCUT2D eigenvalue weighted by atomic mass is 32.1. The number of hydrogen-bond acceptors (Lipinski definition) is 4. The lowest BCUT2D eigenvalue weighted by Gasteiger charge is -2.13. The average Bonchev–Trinajstić information content (AvgIpc) is 3.12. The summed E-state index contributed by atoms with van der Waals surface area (Å²) in [4.78, 5) is 29.9. The first-order valence-corrected chi connectivity index (χ1v) is 8.27. The number of benzene rings is 1. The van der Waals surface area contributed by atoms with Crippen molar-refractivity contribution in [1.29, 1.82) is 0 Å². The summed E-state index contributed by atoms with van der Waals surface area (Å²) in [5, 5.41) is 2.87. The molecule has 0 aliphatic heterocycles. The van der Waals surface area contributed by atoms with Gasteiger partial charge in [0.25, 0.3) is 5.91 Å². The molecule has 1 aromatic carbocycles. The molecule has 3 N–H and O–H groups in total. The summed E-state index contributed by atoms with van der Waals surface area (Å²) in [7, 11) is 0. The van der Waals surface area contributed by atoms with Crippen LogP contribution >= 0.6 is 12.2 Å². The molecule has 0 unspecified atom stereocenters. The summed E-state index contributed by atoms with van der Waals surface area (Å²) in [5.41, 5.74) is 1.11. The minimum atomic E-state index is -0.520. The molecular weight excluding hydrogens is 333 g/mol. The molecule has 0 spiro atoms. The van der Waals surface area contributed by atoms with E-state index in [0.717, 1.165) is 0 Å². The first-order chi connectivity index (χ1) is 11.5. The molecule has 24 heavy (non-hydrogen) atoms. The van der Waals surface area contributed by atoms with Gasteiger partial charge in [-0.25, -0.2) is 4.39 Å². The van der Waals surface area contributed by atoms with E-state index in [1.165, 1.54) is 12.1 Å². The third-order valence-corrected chi connectivity index (χ3v) is 4.43. The van der Waals surface area contributed by atoms with Crippen molar-refractivity contribution in [2.24, 2.45) is 5.92 Å². The Balaban J connectivity index is 1.74. The molecule has 1 fully saturated rings. The van der Waals surface area contributed by atoms with Crippen LogP contribution in [0.4, 0.5) is 4.39 Å². The Bertz CT molecular complexity index is 845. The van der Waals surface area contributed by atoms with Gasteiger partial charge in [0.05, 0.1) is 29.1 Å². The van der Waals surface area contributed by atoms with E-state index in [4.69, 9.17) is 17.0 Å². The summed E-state index contributed by atoms with van der Waals surface area (Å²) >= 11 is 5.00. The van der Waals surface area contributed by atoms with E-state index in [1.54, 1.807) is 6.92 Å². The number of aromatic nitrogens is 2. The fourth-order valence-electron chi connectivity index (χ4n) is 3.14. The Hall–Kier alpha value is -2.22. The number of halogens is 1. The van der Waals surface area contributed by atoms with Crippen LogP contribution in [-0.2, 0) is 9.53 Å². The van der Waals surface area contributed by atoms with Crippen LogP contribution in [0.2, 0.25) is 0 Å². The average molecular weight is 351 g/mol. The van der Waals surface area contributed by atoms with Crippen LogP contribution in [0.3, 0.4) is 0 Å². The Kier molecular flexibility index (Phi) is 4.66. The van der Waals surface area contributed by atoms with Gasteiger partial charge in [-0.15, -0.1) is 0 Å². The van der Waals surface area contributed by atoms with Crippen molar-refractivity contribution in [3.63, 3.8) is 0 Å². The standard InChI is InChI=1S/C16H18FN3O3S/c1-2-23-15(22)8-3-4-10(5-8)18-14(21)11-6-9(17)7-12-13(11)20-16(24)19-12/h6-8,10H,2-5H2,1H3,(H,18,21)(H2,19,20,24)/t8-,10-/m1/s1. The molecule has 1 heterocycles. The third kappa shape index (κ3) is 3.33. The Morgan fingerprint density at radius 3 is 2.92 bits per heavy atom. The van der Waals surface area contributed by atoms with Crippen molar-refractivity contribution in [1.82, 2.24) is 15.3 Å². The number of amides is 1. The molecule has 2 aromatic rings. The number of ether oxygens (including phenoxy) is 1. The van der Waals surface area contributed by atoms with Crippen molar-refractivity contribution in [2.75, 3.05) is 6.61 Å². The highest BCUT2D eigenvalue weighted by molar-refractivity contribution is 7.71. The van der Waals surface area contributed by atoms with E-state index >= 15 is 0 Å². The van der Waals surface area contributed by atoms with Crippen molar-refractivity contribution >= 4 is 35.1 Å². The van der Waals surface area contributed by atoms with Gasteiger partial charge in [0, 0.05) is 6.04 Å². The lowest BCUT2D eigenvalue weighted by molar-refractivity contribution is -0.147. The quantitative estimate of drug-likeness (QED) is 0.584. The largest absolute Gasteiger partial charge is 0.466 e. The summed E-state index contributed by atoms with van der Waals surface area (Å²) in [5.74, 6) is -1.33. The second kappa shape index (κ2) is 6.72. The Morgan fingerprint density at radius 1 is 1.38 bits per heavy atom. The number of carbonyl (C=O) groups is 2. The molecule has 1 amide bonds. The Labute approximate surface area is 142 Å². The zero-order valence-corrected chi connectivity index (χ0v) is 14.0. The Morgan fingerprint density at radius 2 is 2.17 bits per heavy atom. The van der Waals surface area contributed by atoms with Gasteiger partial charge in [0.2, 0.25) is 0 Å². The highest BCUT2D eigenvalue weighted by Gasteiger charge is 2.32. The summed E-state index contributed by atoms with van der Waals surface area (Å²) in [6.45, 7) is 2.11. The van der Waals surface area contributed by atoms with E-state index in [9.17, 15) is 14.0 Å². The lowest BCUT2D eigenvalue weighted by atomic mass is 10.1. The number of aromatic amines is 2. The van der Waals surface area contributed by atoms with Crippen molar-refractivity contribution in [3.05, 3.63) is 28.3 Å². The predicted octanol–water partition coefficient (Wildman–Crippen LogP) is 2.83. The fraction of sp³-hybridized carbons (Fsp3) is 0.438. The predicted molar refractivity (Wildman–Crippen MR) is 88.7 cm³/mol. The van der Waals surface area contributed by atoms with Crippen LogP contribution < -0.4 is 5.32 Å². The molecule has 1 saturated carbocycles. The first kappa shape index (κ1) is 16.6. The molecule has 2 atom stereocenters. The van der Waals surface area contributed by atoms with E-state index in [1.807, 2.05) is 0 Å². The summed E-state index contributed by atoms with van der Waals surface area (Å²) in [6.07, 6.45) is 1.90. The van der Waals surface area contributed by atoms with Gasteiger partial charge in [-0.2, -0.15) is 0 Å². The minimum Gasteiger partial charge on any atom is -0.466 e. The second-order valence-electron chi connectivity index (χ2n) is 5.89. The molecular formula is C16H18FN3O3S. The van der Waals surface area contributed by atoms with Crippen LogP contribution in [0.1, 0.15) is 36.5 Å². The number of H-pyrrole nitrogens is 2. The van der Waals surface area contributed by atoms with Crippen LogP contribution in [-0.4, -0.2) is 34.5 Å². The number of imidazole rings is 1. The van der Waals surface area contributed by atoms with E-state index in [2.05, 4.69) is 15.3 Å². The molecule has 8 heteroatoms. The molecule has 6 nitrogen and oxygen atoms in total. The highest BCUT2D eigenvalue weighted by Crippen LogP contribution is 2.27. The molecule has 1 aliphatic carbocycles. The molecule has 0 saturated heterocycles. The van der Waals surface area contributed by atoms with Gasteiger partial charge in [0.1, 0.15) is 5.82 Å². The maximum atomic E-state index is 13.7. The summed E-state index contributed by atoms with van der Waals surface area (Å²) in [6, 6.07) is 2.33. The number of nitrogens with one attached hydrogen (secondary N) is 3. The number of fused-ring (bicyclic) bond motifs is 1. The normalized spacial score (nSPS) is 20.2. The molecule has 0 bridgehead atoms. The zero-order valence-electron chi connectivity index (χ0n) is 13.1. The van der Waals surface area contributed by atoms with Crippen LogP contribution in [0.25, 0.3) is 11.0 Å². The molecule has 3 rings (SSSR count). The monoisotopic (exact) mass is 351 g/mol. The number of hydrogen-bond donors (Lipinski definition) is 3. The van der Waals surface area contributed by atoms with E-state index in [0.29, 0.717) is 41.7 Å². The van der Waals surface area contributed by atoms with E-state index < -0.39 is 5.82 Å². The first-order valence-electron chi connectivity index (χ1n) is 7.87. The molecule has 0 radical (unpaired) electrons. The van der Waals surface area contributed by atoms with Crippen LogP contribution in [0.5, 0.6) is 0 Å². The van der Waals surface area contributed by atoms with Crippen molar-refractivity contribution < 1.29 is 18.7 Å². The maximum absolute atomic E-state index is 13.7. The van der Waals surface area contributed by atoms with E-state index in [-0.39, 0.29) is 29.4 Å². The van der Waals surface area contributed by atoms with Crippen LogP contribution in [0.15, 0.2) is 12.1 Å². The third-order valence-electron chi connectivity index (χ3n) is 4.22. The van der Waals surface area contributed by atoms with Crippen LogP contribution in [0, 0.1) is 16.5 Å². The smallest absolute Gasteiger partial charge is 0.308 e. The number of carbonyl (C=O) groups excluding carboxylic acids is 2. The van der Waals surface area contributed by atoms with Gasteiger partial charge >= 0.3 is 5.97 Å². The number of rotatable bonds is 4. The SMILES string of the molecule is CCOC(=O)[C@@H]1CC[C@@H](NC(=O)c2cc(F)cc3[nH]c(=S)[nH]c23)C1. The maximum Gasteiger partial charge on any atom is 0.308 e. The molecule has 1 aliphatic rings. The number of esters is 1. The van der Waals surface area contributed by atoms with Gasteiger partial charge in [-0.3, -0.25) is 9.59 Å². The van der Waals surface area contributed by atoms with Crippen molar-refractivity contribution in [2.45, 2.75) is 32.2 Å². The minimum absolute atomic E-state index is 0.132. The second-order valence-corrected chi connectivity index (χ2v) is 6.30. The molecule has 128 valence electrons. The fourth-order valence-corrected chi connectivity index (χ4v) is 3.35. The van der Waals surface area contributed by atoms with Gasteiger partial charge in [-0.05, 0) is 50.5 Å². The molecule has 1 aromatic heterocycles. The summed E-state index contributed by atoms with van der Waals surface area (Å²) < 4.78 is 19.1. The van der Waals surface area contributed by atoms with Crippen molar-refractivity contribution in [3.8, 4) is 0 Å². The zero-order chi connectivity index (χ0) is 17.3. The van der Waals surface area contributed by atoms with Gasteiger partial charge in [0.15, 0.2) is 4.77 Å². The van der Waals surface area contributed by atoms with Gasteiger partial charge in [-0.1, -0.05) is 0 Å². The van der Waals surface area contributed by atoms with Gasteiger partial charge < -0.3 is 20.0 Å². The lowest BCUT2D eigenvalue weighted by Crippen LogP contribution is -2.33.